The molecule has 1 saturated carbocycles. The molecule has 37 heavy (non-hydrogen) atoms. The smallest absolute Gasteiger partial charge is 0.417 e. The van der Waals surface area contributed by atoms with Gasteiger partial charge >= 0.3 is 6.18 Å². The first-order chi connectivity index (χ1) is 17.6. The summed E-state index contributed by atoms with van der Waals surface area (Å²) in [5.74, 6) is 0.125. The molecule has 0 radical (unpaired) electrons. The Balaban J connectivity index is 1.43. The molecule has 2 aliphatic rings. The van der Waals surface area contributed by atoms with E-state index in [-0.39, 0.29) is 35.6 Å². The van der Waals surface area contributed by atoms with Crippen LogP contribution in [0.2, 0.25) is 0 Å². The molecule has 194 valence electrons. The van der Waals surface area contributed by atoms with Crippen molar-refractivity contribution in [1.29, 1.82) is 0 Å². The summed E-state index contributed by atoms with van der Waals surface area (Å²) in [5, 5.41) is 0. The van der Waals surface area contributed by atoms with Crippen LogP contribution in [0.5, 0.6) is 5.88 Å². The largest absolute Gasteiger partial charge is 0.472 e. The van der Waals surface area contributed by atoms with Crippen molar-refractivity contribution < 1.29 is 27.1 Å². The highest BCUT2D eigenvalue weighted by Crippen LogP contribution is 2.47. The fraction of sp³-hybridized carbons (Fsp3) is 0.407. The maximum atomic E-state index is 14.0. The monoisotopic (exact) mass is 514 g/mol. The lowest BCUT2D eigenvalue weighted by molar-refractivity contribution is -0.137. The molecule has 1 aliphatic carbocycles. The van der Waals surface area contributed by atoms with Crippen molar-refractivity contribution in [3.63, 3.8) is 0 Å². The Labute approximate surface area is 211 Å². The van der Waals surface area contributed by atoms with Gasteiger partial charge in [-0.05, 0) is 43.2 Å². The number of rotatable bonds is 6. The molecule has 10 heteroatoms. The number of ether oxygens (including phenoxy) is 1. The molecule has 0 spiro atoms. The van der Waals surface area contributed by atoms with Crippen LogP contribution in [0, 0.1) is 17.7 Å². The van der Waals surface area contributed by atoms with Crippen molar-refractivity contribution >= 4 is 5.91 Å². The zero-order valence-corrected chi connectivity index (χ0v) is 20.3. The van der Waals surface area contributed by atoms with E-state index in [2.05, 4.69) is 28.8 Å². The SMILES string of the molecule is CC(C)CC1C2CC(Oc3ccc(C(F)(F)F)cn3)C(C2)N1C(=O)c1ccccc1-c1ncc(F)cn1. The number of amides is 1. The van der Waals surface area contributed by atoms with E-state index < -0.39 is 23.7 Å². The van der Waals surface area contributed by atoms with Gasteiger partial charge in [0.05, 0.1) is 29.6 Å². The number of pyridine rings is 1. The molecule has 4 unspecified atom stereocenters. The molecule has 1 amide bonds. The Morgan fingerprint density at radius 1 is 1.05 bits per heavy atom. The fourth-order valence-electron chi connectivity index (χ4n) is 5.54. The van der Waals surface area contributed by atoms with Gasteiger partial charge in [0.2, 0.25) is 5.88 Å². The zero-order chi connectivity index (χ0) is 26.3. The summed E-state index contributed by atoms with van der Waals surface area (Å²) in [6.45, 7) is 4.21. The van der Waals surface area contributed by atoms with Gasteiger partial charge in [-0.15, -0.1) is 0 Å². The Morgan fingerprint density at radius 2 is 1.78 bits per heavy atom. The molecule has 2 aromatic heterocycles. The van der Waals surface area contributed by atoms with Crippen molar-refractivity contribution in [1.82, 2.24) is 19.9 Å². The van der Waals surface area contributed by atoms with Crippen LogP contribution in [0.25, 0.3) is 11.4 Å². The molecule has 0 N–H and O–H groups in total. The number of carbonyl (C=O) groups is 1. The third-order valence-electron chi connectivity index (χ3n) is 7.07. The van der Waals surface area contributed by atoms with Crippen molar-refractivity contribution in [3.05, 3.63) is 71.9 Å². The maximum Gasteiger partial charge on any atom is 0.417 e. The lowest BCUT2D eigenvalue weighted by atomic mass is 9.89. The highest BCUT2D eigenvalue weighted by atomic mass is 19.4. The Bertz CT molecular complexity index is 1260. The minimum Gasteiger partial charge on any atom is -0.472 e. The van der Waals surface area contributed by atoms with E-state index in [1.165, 1.54) is 6.07 Å². The highest BCUT2D eigenvalue weighted by Gasteiger charge is 2.54. The minimum atomic E-state index is -4.48. The molecule has 2 bridgehead atoms. The second-order valence-electron chi connectivity index (χ2n) is 10.0. The molecular formula is C27H26F4N4O2. The van der Waals surface area contributed by atoms with E-state index in [1.54, 1.807) is 24.3 Å². The molecule has 4 atom stereocenters. The van der Waals surface area contributed by atoms with Gasteiger partial charge in [0.15, 0.2) is 11.6 Å². The summed E-state index contributed by atoms with van der Waals surface area (Å²) in [6.07, 6.45) is 0.247. The topological polar surface area (TPSA) is 68.2 Å². The zero-order valence-electron chi connectivity index (χ0n) is 20.3. The summed E-state index contributed by atoms with van der Waals surface area (Å²) in [6, 6.07) is 8.86. The summed E-state index contributed by atoms with van der Waals surface area (Å²) >= 11 is 0. The van der Waals surface area contributed by atoms with Gasteiger partial charge in [-0.25, -0.2) is 19.3 Å². The summed E-state index contributed by atoms with van der Waals surface area (Å²) in [5.41, 5.74) is 0.0588. The lowest BCUT2D eigenvalue weighted by Gasteiger charge is -2.40. The van der Waals surface area contributed by atoms with Crippen LogP contribution in [0.3, 0.4) is 0 Å². The number of fused-ring (bicyclic) bond motifs is 2. The van der Waals surface area contributed by atoms with E-state index in [0.717, 1.165) is 37.5 Å². The van der Waals surface area contributed by atoms with Crippen molar-refractivity contribution in [3.8, 4) is 17.3 Å². The Hall–Kier alpha value is -3.56. The molecule has 3 aromatic rings. The van der Waals surface area contributed by atoms with E-state index in [1.807, 2.05) is 4.90 Å². The molecule has 2 fully saturated rings. The molecule has 1 saturated heterocycles. The average molecular weight is 515 g/mol. The number of nitrogens with zero attached hydrogens (tertiary/aromatic N) is 4. The minimum absolute atomic E-state index is 0.0000990. The molecular weight excluding hydrogens is 488 g/mol. The molecule has 6 nitrogen and oxygen atoms in total. The first kappa shape index (κ1) is 25.1. The second-order valence-corrected chi connectivity index (χ2v) is 10.0. The third-order valence-corrected chi connectivity index (χ3v) is 7.07. The van der Waals surface area contributed by atoms with Crippen LogP contribution in [0.15, 0.2) is 55.0 Å². The number of hydrogen-bond donors (Lipinski definition) is 0. The number of alkyl halides is 3. The van der Waals surface area contributed by atoms with Gasteiger partial charge in [0.1, 0.15) is 6.10 Å². The number of likely N-dealkylation sites (tertiary alicyclic amines) is 1. The summed E-state index contributed by atoms with van der Waals surface area (Å²) in [7, 11) is 0. The number of aromatic nitrogens is 3. The maximum absolute atomic E-state index is 14.0. The number of benzene rings is 1. The van der Waals surface area contributed by atoms with Gasteiger partial charge in [-0.3, -0.25) is 4.79 Å². The first-order valence-electron chi connectivity index (χ1n) is 12.2. The number of halogens is 4. The molecule has 3 heterocycles. The molecule has 1 aliphatic heterocycles. The lowest BCUT2D eigenvalue weighted by Crippen LogP contribution is -2.52. The molecule has 1 aromatic carbocycles. The van der Waals surface area contributed by atoms with E-state index in [9.17, 15) is 22.4 Å². The Kier molecular flexibility index (Phi) is 6.59. The van der Waals surface area contributed by atoms with E-state index in [4.69, 9.17) is 4.74 Å². The first-order valence-corrected chi connectivity index (χ1v) is 12.2. The van der Waals surface area contributed by atoms with Crippen molar-refractivity contribution in [2.24, 2.45) is 11.8 Å². The third kappa shape index (κ3) is 5.01. The average Bonchev–Trinajstić information content (AvgIpc) is 3.42. The van der Waals surface area contributed by atoms with Crippen LogP contribution < -0.4 is 4.74 Å². The van der Waals surface area contributed by atoms with Crippen molar-refractivity contribution in [2.45, 2.75) is 57.5 Å². The van der Waals surface area contributed by atoms with Gasteiger partial charge < -0.3 is 9.64 Å². The van der Waals surface area contributed by atoms with Crippen LogP contribution in [-0.4, -0.2) is 43.9 Å². The van der Waals surface area contributed by atoms with Gasteiger partial charge in [0, 0.05) is 23.9 Å². The van der Waals surface area contributed by atoms with Crippen LogP contribution in [-0.2, 0) is 6.18 Å². The Morgan fingerprint density at radius 3 is 2.43 bits per heavy atom. The summed E-state index contributed by atoms with van der Waals surface area (Å²) in [4.78, 5) is 27.9. The van der Waals surface area contributed by atoms with E-state index in [0.29, 0.717) is 23.5 Å². The van der Waals surface area contributed by atoms with Gasteiger partial charge in [0.25, 0.3) is 5.91 Å². The predicted octanol–water partition coefficient (Wildman–Crippen LogP) is 5.79. The molecule has 5 rings (SSSR count). The van der Waals surface area contributed by atoms with Crippen LogP contribution >= 0.6 is 0 Å². The normalized spacial score (nSPS) is 23.1. The van der Waals surface area contributed by atoms with Crippen molar-refractivity contribution in [2.75, 3.05) is 0 Å². The summed E-state index contributed by atoms with van der Waals surface area (Å²) < 4.78 is 58.2. The van der Waals surface area contributed by atoms with E-state index >= 15 is 0 Å². The number of piperidine rings is 1. The van der Waals surface area contributed by atoms with Crippen LogP contribution in [0.4, 0.5) is 17.6 Å². The number of hydrogen-bond acceptors (Lipinski definition) is 5. The highest BCUT2D eigenvalue weighted by molar-refractivity contribution is 6.00. The van der Waals surface area contributed by atoms with Crippen LogP contribution in [0.1, 0.15) is 49.0 Å². The number of carbonyl (C=O) groups excluding carboxylic acids is 1. The predicted molar refractivity (Wildman–Crippen MR) is 127 cm³/mol. The quantitative estimate of drug-likeness (QED) is 0.390. The fourth-order valence-corrected chi connectivity index (χ4v) is 5.54. The van der Waals surface area contributed by atoms with Gasteiger partial charge in [-0.2, -0.15) is 13.2 Å². The standard InChI is InChI=1S/C27H26F4N4O2/c1-15(2)9-21-16-10-22(23(11-16)37-24-8-7-17(12-32-24)27(29,30)31)35(21)26(36)20-6-4-3-5-19(20)25-33-13-18(28)14-34-25/h3-8,12-16,21-23H,9-11H2,1-2H3. The van der Waals surface area contributed by atoms with Gasteiger partial charge in [-0.1, -0.05) is 32.0 Å². The second kappa shape index (κ2) is 9.72.